The summed E-state index contributed by atoms with van der Waals surface area (Å²) in [7, 11) is 0. The molecule has 0 aromatic carbocycles. The van der Waals surface area contributed by atoms with Crippen molar-refractivity contribution >= 4 is 0 Å². The first-order chi connectivity index (χ1) is 14.7. The molecule has 3 saturated carbocycles. The van der Waals surface area contributed by atoms with Crippen LogP contribution in [-0.4, -0.2) is 5.16 Å². The first kappa shape index (κ1) is 21.8. The number of fused-ring (bicyclic) bond motifs is 6. The highest BCUT2D eigenvalue weighted by molar-refractivity contribution is 5.18. The molecule has 0 aliphatic heterocycles. The standard InChI is InChI=1S/C27H45N2O2/c1-17(2)7-6-8-18(3)21-11-12-22-20-10-9-19-15-24-25(29(30)31-28-24)16-27(19,5)23(20)13-14-26(21,22)4/h17-23,28H,6-16H2,1-5H3/q+1/t18-,19+,20?,21?,22?,23?,26?,27?/m1/s1. The van der Waals surface area contributed by atoms with Crippen molar-refractivity contribution in [1.82, 2.24) is 5.16 Å². The molecule has 0 radical (unpaired) electrons. The Balaban J connectivity index is 1.34. The fraction of sp³-hybridized carbons (Fsp3) is 0.926. The van der Waals surface area contributed by atoms with E-state index in [-0.39, 0.29) is 5.41 Å². The molecule has 174 valence electrons. The van der Waals surface area contributed by atoms with Gasteiger partial charge in [0.25, 0.3) is 0 Å². The number of aromatic nitrogens is 2. The third-order valence-corrected chi connectivity index (χ3v) is 11.1. The lowest BCUT2D eigenvalue weighted by Gasteiger charge is -2.59. The summed E-state index contributed by atoms with van der Waals surface area (Å²) in [6.07, 6.45) is 14.5. The van der Waals surface area contributed by atoms with Gasteiger partial charge < -0.3 is 0 Å². The van der Waals surface area contributed by atoms with E-state index in [9.17, 15) is 4.91 Å². The van der Waals surface area contributed by atoms with Gasteiger partial charge in [-0.1, -0.05) is 63.7 Å². The number of rotatable bonds is 5. The molecule has 3 fully saturated rings. The maximum atomic E-state index is 12.2. The lowest BCUT2D eigenvalue weighted by atomic mass is 9.44. The summed E-state index contributed by atoms with van der Waals surface area (Å²) < 4.78 is 5.87. The zero-order chi connectivity index (χ0) is 22.0. The Labute approximate surface area is 188 Å². The second-order valence-electron chi connectivity index (χ2n) is 12.9. The molecule has 0 spiro atoms. The van der Waals surface area contributed by atoms with Gasteiger partial charge in [-0.25, -0.2) is 0 Å². The minimum atomic E-state index is 0.266. The average molecular weight is 430 g/mol. The van der Waals surface area contributed by atoms with Crippen LogP contribution in [0.5, 0.6) is 0 Å². The van der Waals surface area contributed by atoms with E-state index in [1.54, 1.807) is 0 Å². The maximum absolute atomic E-state index is 12.2. The molecule has 5 rings (SSSR count). The van der Waals surface area contributed by atoms with Crippen LogP contribution in [0.2, 0.25) is 0 Å². The first-order valence-corrected chi connectivity index (χ1v) is 13.4. The molecule has 4 nitrogen and oxygen atoms in total. The van der Waals surface area contributed by atoms with Crippen LogP contribution >= 0.6 is 0 Å². The van der Waals surface area contributed by atoms with Gasteiger partial charge in [0.15, 0.2) is 10.3 Å². The smallest absolute Gasteiger partial charge is 0.0882 e. The molecule has 8 atom stereocenters. The monoisotopic (exact) mass is 429 g/mol. The van der Waals surface area contributed by atoms with Crippen LogP contribution in [0.3, 0.4) is 0 Å². The van der Waals surface area contributed by atoms with E-state index < -0.39 is 0 Å². The average Bonchev–Trinajstić information content (AvgIpc) is 3.25. The Kier molecular flexibility index (Phi) is 5.45. The Morgan fingerprint density at radius 1 is 1.03 bits per heavy atom. The van der Waals surface area contributed by atoms with Crippen LogP contribution in [0.1, 0.15) is 104 Å². The second kappa shape index (κ2) is 7.76. The van der Waals surface area contributed by atoms with Crippen LogP contribution in [0.25, 0.3) is 0 Å². The maximum Gasteiger partial charge on any atom is 0.245 e. The quantitative estimate of drug-likeness (QED) is 0.576. The van der Waals surface area contributed by atoms with Gasteiger partial charge in [0.05, 0.1) is 0 Å². The predicted molar refractivity (Wildman–Crippen MR) is 123 cm³/mol. The Bertz CT molecular complexity index is 856. The minimum Gasteiger partial charge on any atom is -0.0882 e. The van der Waals surface area contributed by atoms with E-state index >= 15 is 0 Å². The molecule has 0 amide bonds. The number of hydrogen-bond donors (Lipinski definition) is 1. The van der Waals surface area contributed by atoms with Crippen molar-refractivity contribution in [3.8, 4) is 0 Å². The normalized spacial score (nSPS) is 42.6. The fourth-order valence-corrected chi connectivity index (χ4v) is 9.43. The van der Waals surface area contributed by atoms with E-state index in [0.29, 0.717) is 11.3 Å². The van der Waals surface area contributed by atoms with E-state index in [1.807, 2.05) is 0 Å². The summed E-state index contributed by atoms with van der Waals surface area (Å²) in [5, 5.41) is 2.91. The van der Waals surface area contributed by atoms with Crippen molar-refractivity contribution in [3.63, 3.8) is 0 Å². The highest BCUT2D eigenvalue weighted by Crippen LogP contribution is 2.67. The van der Waals surface area contributed by atoms with Gasteiger partial charge >= 0.3 is 0 Å². The Morgan fingerprint density at radius 3 is 2.58 bits per heavy atom. The Hall–Kier alpha value is -1.06. The van der Waals surface area contributed by atoms with E-state index in [2.05, 4.69) is 39.8 Å². The van der Waals surface area contributed by atoms with Gasteiger partial charge in [0, 0.05) is 12.8 Å². The molecule has 4 aliphatic carbocycles. The molecule has 6 unspecified atom stereocenters. The van der Waals surface area contributed by atoms with Crippen molar-refractivity contribution in [1.29, 1.82) is 0 Å². The molecule has 0 bridgehead atoms. The molecule has 1 N–H and O–H groups in total. The lowest BCUT2D eigenvalue weighted by Crippen LogP contribution is -2.55. The first-order valence-electron chi connectivity index (χ1n) is 13.4. The number of H-pyrrole nitrogens is 1. The number of aromatic amines is 1. The van der Waals surface area contributed by atoms with Gasteiger partial charge in [0.2, 0.25) is 5.69 Å². The summed E-state index contributed by atoms with van der Waals surface area (Å²) >= 11 is 0. The molecule has 1 aromatic rings. The molecule has 1 heterocycles. The summed E-state index contributed by atoms with van der Waals surface area (Å²) in [5.41, 5.74) is 2.76. The SMILES string of the molecule is CC(C)CCC[C@@H](C)C1CCC2C3CC[C@H]4Cc5[nH]o[n+](=O)c5CC4(C)C3CCC21C. The summed E-state index contributed by atoms with van der Waals surface area (Å²) in [4.78, 5) is 12.2. The van der Waals surface area contributed by atoms with Gasteiger partial charge in [-0.2, -0.15) is 0 Å². The highest BCUT2D eigenvalue weighted by Gasteiger charge is 2.61. The zero-order valence-electron chi connectivity index (χ0n) is 20.6. The van der Waals surface area contributed by atoms with Crippen molar-refractivity contribution in [2.45, 2.75) is 105 Å². The zero-order valence-corrected chi connectivity index (χ0v) is 20.6. The van der Waals surface area contributed by atoms with Crippen molar-refractivity contribution in [2.75, 3.05) is 0 Å². The van der Waals surface area contributed by atoms with Gasteiger partial charge in [-0.3, -0.25) is 0 Å². The van der Waals surface area contributed by atoms with Crippen molar-refractivity contribution in [3.05, 3.63) is 16.3 Å². The van der Waals surface area contributed by atoms with Crippen molar-refractivity contribution in [2.24, 2.45) is 52.3 Å². The van der Waals surface area contributed by atoms with E-state index in [4.69, 9.17) is 4.63 Å². The van der Waals surface area contributed by atoms with Crippen LogP contribution in [0.15, 0.2) is 4.63 Å². The second-order valence-corrected chi connectivity index (χ2v) is 12.9. The molecular weight excluding hydrogens is 384 g/mol. The van der Waals surface area contributed by atoms with Gasteiger partial charge in [-0.15, -0.1) is 0 Å². The lowest BCUT2D eigenvalue weighted by molar-refractivity contribution is -0.720. The molecule has 0 saturated heterocycles. The third-order valence-electron chi connectivity index (χ3n) is 11.1. The topological polar surface area (TPSA) is 51.9 Å². The summed E-state index contributed by atoms with van der Waals surface area (Å²) in [6, 6.07) is 0. The van der Waals surface area contributed by atoms with E-state index in [1.165, 1.54) is 57.8 Å². The van der Waals surface area contributed by atoms with Crippen LogP contribution in [-0.2, 0) is 12.8 Å². The van der Waals surface area contributed by atoms with Crippen LogP contribution in [0.4, 0.5) is 0 Å². The molecular formula is C27H45N2O2+. The predicted octanol–water partition coefficient (Wildman–Crippen LogP) is 6.56. The van der Waals surface area contributed by atoms with E-state index in [0.717, 1.165) is 64.3 Å². The third kappa shape index (κ3) is 3.37. The van der Waals surface area contributed by atoms with Crippen LogP contribution in [0, 0.1) is 57.2 Å². The Morgan fingerprint density at radius 2 is 1.81 bits per heavy atom. The van der Waals surface area contributed by atoms with Crippen LogP contribution < -0.4 is 4.60 Å². The largest absolute Gasteiger partial charge is 0.245 e. The van der Waals surface area contributed by atoms with Gasteiger partial charge in [-0.05, 0) is 95.7 Å². The summed E-state index contributed by atoms with van der Waals surface area (Å²) in [5.74, 6) is 5.87. The number of nitrogens with one attached hydrogen (secondary N) is 1. The molecule has 1 aromatic heterocycles. The molecule has 4 heteroatoms. The highest BCUT2D eigenvalue weighted by atomic mass is 16.7. The van der Waals surface area contributed by atoms with Gasteiger partial charge in [0.1, 0.15) is 0 Å². The summed E-state index contributed by atoms with van der Waals surface area (Å²) in [6.45, 7) is 12.5. The molecule has 4 aliphatic rings. The minimum absolute atomic E-state index is 0.266. The molecule has 31 heavy (non-hydrogen) atoms. The number of nitrogens with zero attached hydrogens (tertiary/aromatic N) is 1. The number of hydrogen-bond acceptors (Lipinski definition) is 2. The fourth-order valence-electron chi connectivity index (χ4n) is 9.43. The van der Waals surface area contributed by atoms with Crippen molar-refractivity contribution < 1.29 is 9.23 Å².